The smallest absolute Gasteiger partial charge is 0.407 e. The summed E-state index contributed by atoms with van der Waals surface area (Å²) in [5, 5.41) is 7.08. The van der Waals surface area contributed by atoms with Crippen LogP contribution in [0.25, 0.3) is 0 Å². The number of nitrogens with zero attached hydrogens (tertiary/aromatic N) is 2. The lowest BCUT2D eigenvalue weighted by Gasteiger charge is -2.20. The van der Waals surface area contributed by atoms with E-state index in [1.807, 2.05) is 34.6 Å². The number of nitrogen functional groups attached to an aromatic ring is 1. The third kappa shape index (κ3) is 3.95. The van der Waals surface area contributed by atoms with Gasteiger partial charge in [0.05, 0.1) is 5.54 Å². The monoisotopic (exact) mass is 326 g/mol. The number of alkyl carbamates (subject to hydrolysis) is 1. The van der Waals surface area contributed by atoms with E-state index in [9.17, 15) is 9.18 Å². The molecular weight excluding hydrogens is 299 g/mol. The van der Waals surface area contributed by atoms with Gasteiger partial charge < -0.3 is 15.8 Å². The highest BCUT2D eigenvalue weighted by Gasteiger charge is 2.34. The lowest BCUT2D eigenvalue weighted by molar-refractivity contribution is 0.0981. The summed E-state index contributed by atoms with van der Waals surface area (Å²) >= 11 is 0. The van der Waals surface area contributed by atoms with Crippen molar-refractivity contribution in [1.29, 1.82) is 0 Å². The Hall–Kier alpha value is -1.79. The number of nitrogens with one attached hydrogen (secondary N) is 1. The lowest BCUT2D eigenvalue weighted by atomic mass is 10.0. The molecule has 2 rings (SSSR count). The van der Waals surface area contributed by atoms with Crippen molar-refractivity contribution in [2.75, 3.05) is 5.73 Å². The fraction of sp³-hybridized carbons (Fsp3) is 0.750. The topological polar surface area (TPSA) is 82.2 Å². The summed E-state index contributed by atoms with van der Waals surface area (Å²) in [6.07, 6.45) is 1.38. The van der Waals surface area contributed by atoms with E-state index < -0.39 is 11.9 Å². The molecule has 1 aliphatic carbocycles. The van der Waals surface area contributed by atoms with Crippen LogP contribution in [0, 0.1) is 5.82 Å². The van der Waals surface area contributed by atoms with Crippen molar-refractivity contribution in [3.05, 3.63) is 11.5 Å². The number of amides is 1. The number of carbonyl (C=O) groups is 1. The van der Waals surface area contributed by atoms with Crippen molar-refractivity contribution >= 4 is 11.9 Å². The predicted molar refractivity (Wildman–Crippen MR) is 86.7 cm³/mol. The molecule has 1 saturated carbocycles. The second kappa shape index (κ2) is 6.37. The molecular formula is C16H27FN4O2. The Morgan fingerprint density at radius 3 is 2.61 bits per heavy atom. The van der Waals surface area contributed by atoms with E-state index in [2.05, 4.69) is 10.4 Å². The van der Waals surface area contributed by atoms with Crippen LogP contribution in [0.3, 0.4) is 0 Å². The SMILES string of the molecule is CC(C)NC(=O)O[C@@H]1CC[C@H](c2nn(C(C)(C)C)c(N)c2F)C1. The summed E-state index contributed by atoms with van der Waals surface area (Å²) in [5.74, 6) is -0.454. The summed E-state index contributed by atoms with van der Waals surface area (Å²) in [6.45, 7) is 9.52. The normalized spacial score (nSPS) is 21.7. The average Bonchev–Trinajstić information content (AvgIpc) is 2.94. The number of ether oxygens (including phenoxy) is 1. The van der Waals surface area contributed by atoms with Crippen LogP contribution < -0.4 is 11.1 Å². The number of nitrogens with two attached hydrogens (primary N) is 1. The molecule has 0 radical (unpaired) electrons. The molecule has 3 N–H and O–H groups in total. The number of halogens is 1. The fourth-order valence-corrected chi connectivity index (χ4v) is 2.92. The van der Waals surface area contributed by atoms with Crippen LogP contribution in [0.1, 0.15) is 65.5 Å². The number of anilines is 1. The Morgan fingerprint density at radius 2 is 2.09 bits per heavy atom. The van der Waals surface area contributed by atoms with Gasteiger partial charge in [-0.1, -0.05) is 0 Å². The minimum atomic E-state index is -0.447. The average molecular weight is 326 g/mol. The van der Waals surface area contributed by atoms with E-state index in [4.69, 9.17) is 10.5 Å². The molecule has 23 heavy (non-hydrogen) atoms. The first kappa shape index (κ1) is 17.6. The Kier molecular flexibility index (Phi) is 4.87. The molecule has 7 heteroatoms. The van der Waals surface area contributed by atoms with Crippen LogP contribution in [0.5, 0.6) is 0 Å². The number of carbonyl (C=O) groups excluding carboxylic acids is 1. The van der Waals surface area contributed by atoms with Gasteiger partial charge in [0.15, 0.2) is 11.6 Å². The maximum absolute atomic E-state index is 14.4. The van der Waals surface area contributed by atoms with Crippen LogP contribution in [-0.4, -0.2) is 28.0 Å². The van der Waals surface area contributed by atoms with Gasteiger partial charge in [-0.25, -0.2) is 13.9 Å². The van der Waals surface area contributed by atoms with Gasteiger partial charge in [0.1, 0.15) is 11.8 Å². The van der Waals surface area contributed by atoms with Crippen molar-refractivity contribution in [3.63, 3.8) is 0 Å². The maximum atomic E-state index is 14.4. The van der Waals surface area contributed by atoms with Gasteiger partial charge >= 0.3 is 6.09 Å². The summed E-state index contributed by atoms with van der Waals surface area (Å²) in [6, 6.07) is 0.0272. The summed E-state index contributed by atoms with van der Waals surface area (Å²) in [4.78, 5) is 11.7. The van der Waals surface area contributed by atoms with Crippen LogP contribution in [0.4, 0.5) is 15.0 Å². The zero-order valence-electron chi connectivity index (χ0n) is 14.5. The molecule has 1 amide bonds. The van der Waals surface area contributed by atoms with Gasteiger partial charge in [-0.05, 0) is 53.9 Å². The fourth-order valence-electron chi connectivity index (χ4n) is 2.92. The Bertz CT molecular complexity index is 577. The van der Waals surface area contributed by atoms with Crippen LogP contribution in [-0.2, 0) is 10.3 Å². The first-order valence-corrected chi connectivity index (χ1v) is 8.11. The highest BCUT2D eigenvalue weighted by Crippen LogP contribution is 2.38. The quantitative estimate of drug-likeness (QED) is 0.894. The Balaban J connectivity index is 2.06. The van der Waals surface area contributed by atoms with Crippen molar-refractivity contribution < 1.29 is 13.9 Å². The Labute approximate surface area is 136 Å². The predicted octanol–water partition coefficient (Wildman–Crippen LogP) is 3.13. The molecule has 1 aliphatic rings. The first-order chi connectivity index (χ1) is 10.6. The highest BCUT2D eigenvalue weighted by atomic mass is 19.1. The number of aromatic nitrogens is 2. The maximum Gasteiger partial charge on any atom is 0.407 e. The molecule has 0 unspecified atom stereocenters. The molecule has 0 spiro atoms. The minimum absolute atomic E-state index is 0.0272. The molecule has 0 bridgehead atoms. The van der Waals surface area contributed by atoms with E-state index in [1.54, 1.807) is 0 Å². The molecule has 1 aromatic heterocycles. The van der Waals surface area contributed by atoms with Gasteiger partial charge in [-0.2, -0.15) is 5.10 Å². The zero-order valence-corrected chi connectivity index (χ0v) is 14.5. The van der Waals surface area contributed by atoms with E-state index in [-0.39, 0.29) is 29.4 Å². The van der Waals surface area contributed by atoms with Crippen molar-refractivity contribution in [3.8, 4) is 0 Å². The van der Waals surface area contributed by atoms with Crippen LogP contribution in [0.15, 0.2) is 0 Å². The molecule has 0 aromatic carbocycles. The molecule has 1 aromatic rings. The van der Waals surface area contributed by atoms with Crippen molar-refractivity contribution in [2.24, 2.45) is 0 Å². The van der Waals surface area contributed by atoms with Gasteiger partial charge in [0.2, 0.25) is 0 Å². The van der Waals surface area contributed by atoms with E-state index >= 15 is 0 Å². The Morgan fingerprint density at radius 1 is 1.43 bits per heavy atom. The van der Waals surface area contributed by atoms with Crippen LogP contribution in [0.2, 0.25) is 0 Å². The second-order valence-electron chi connectivity index (χ2n) is 7.50. The number of hydrogen-bond acceptors (Lipinski definition) is 4. The lowest BCUT2D eigenvalue weighted by Crippen LogP contribution is -2.33. The molecule has 2 atom stereocenters. The molecule has 130 valence electrons. The third-order valence-corrected chi connectivity index (χ3v) is 3.97. The van der Waals surface area contributed by atoms with Gasteiger partial charge in [-0.15, -0.1) is 0 Å². The molecule has 0 aliphatic heterocycles. The highest BCUT2D eigenvalue weighted by molar-refractivity contribution is 5.67. The molecule has 0 saturated heterocycles. The number of rotatable bonds is 3. The van der Waals surface area contributed by atoms with Crippen LogP contribution >= 0.6 is 0 Å². The summed E-state index contributed by atoms with van der Waals surface area (Å²) < 4.78 is 21.3. The van der Waals surface area contributed by atoms with Gasteiger partial charge in [-0.3, -0.25) is 0 Å². The zero-order chi connectivity index (χ0) is 17.4. The number of hydrogen-bond donors (Lipinski definition) is 2. The van der Waals surface area contributed by atoms with Crippen molar-refractivity contribution in [2.45, 2.75) is 77.5 Å². The molecule has 1 fully saturated rings. The largest absolute Gasteiger partial charge is 0.446 e. The first-order valence-electron chi connectivity index (χ1n) is 8.11. The minimum Gasteiger partial charge on any atom is -0.446 e. The standard InChI is InChI=1S/C16H27FN4O2/c1-9(2)19-15(22)23-11-7-6-10(8-11)13-12(17)14(18)21(20-13)16(3,4)5/h9-11H,6-8,18H2,1-5H3,(H,19,22)/t10-,11+/m0/s1. The summed E-state index contributed by atoms with van der Waals surface area (Å²) in [7, 11) is 0. The molecule has 1 heterocycles. The van der Waals surface area contributed by atoms with Gasteiger partial charge in [0, 0.05) is 12.0 Å². The van der Waals surface area contributed by atoms with E-state index in [0.717, 1.165) is 6.42 Å². The van der Waals surface area contributed by atoms with E-state index in [0.29, 0.717) is 18.5 Å². The van der Waals surface area contributed by atoms with E-state index in [1.165, 1.54) is 4.68 Å². The summed E-state index contributed by atoms with van der Waals surface area (Å²) in [5.41, 5.74) is 5.86. The third-order valence-electron chi connectivity index (χ3n) is 3.97. The second-order valence-corrected chi connectivity index (χ2v) is 7.50. The van der Waals surface area contributed by atoms with Crippen molar-refractivity contribution in [1.82, 2.24) is 15.1 Å². The van der Waals surface area contributed by atoms with Gasteiger partial charge in [0.25, 0.3) is 0 Å². The molecule has 6 nitrogen and oxygen atoms in total.